The SMILES string of the molecule is c1ccc(-c2cc(-c3cccc(-n4c5ccccc5c5c6c(ccc54)C4(c5ccccc5O6)c5ccccc5-c5ccccc54)c3)nc(-c3ccccc3)n2)cc1. The zero-order chi connectivity index (χ0) is 37.5. The average molecular weight is 728 g/mol. The summed E-state index contributed by atoms with van der Waals surface area (Å²) in [5.74, 6) is 2.48. The summed E-state index contributed by atoms with van der Waals surface area (Å²) in [6.45, 7) is 0. The van der Waals surface area contributed by atoms with Crippen LogP contribution in [0.25, 0.3) is 72.5 Å². The first kappa shape index (κ1) is 31.8. The number of fused-ring (bicyclic) bond motifs is 13. The number of aromatic nitrogens is 3. The second-order valence-electron chi connectivity index (χ2n) is 14.9. The van der Waals surface area contributed by atoms with Crippen molar-refractivity contribution < 1.29 is 4.74 Å². The molecule has 0 fully saturated rings. The van der Waals surface area contributed by atoms with E-state index in [4.69, 9.17) is 14.7 Å². The molecule has 10 aromatic rings. The molecule has 4 heteroatoms. The van der Waals surface area contributed by atoms with Gasteiger partial charge in [-0.2, -0.15) is 0 Å². The predicted octanol–water partition coefficient (Wildman–Crippen LogP) is 13.0. The summed E-state index contributed by atoms with van der Waals surface area (Å²) in [6.07, 6.45) is 0. The molecule has 0 atom stereocenters. The molecule has 2 aliphatic rings. The number of hydrogen-bond donors (Lipinski definition) is 0. The van der Waals surface area contributed by atoms with Gasteiger partial charge >= 0.3 is 0 Å². The number of hydrogen-bond acceptors (Lipinski definition) is 3. The Morgan fingerprint density at radius 3 is 1.77 bits per heavy atom. The molecule has 0 saturated carbocycles. The minimum atomic E-state index is -0.533. The highest BCUT2D eigenvalue weighted by Gasteiger charge is 2.51. The zero-order valence-corrected chi connectivity index (χ0v) is 30.8. The highest BCUT2D eigenvalue weighted by molar-refractivity contribution is 6.13. The fraction of sp³-hybridized carbons (Fsp3) is 0.0189. The fourth-order valence-corrected chi connectivity index (χ4v) is 9.52. The molecular weight excluding hydrogens is 695 g/mol. The normalized spacial score (nSPS) is 13.2. The highest BCUT2D eigenvalue weighted by Crippen LogP contribution is 2.63. The molecule has 8 aromatic carbocycles. The smallest absolute Gasteiger partial charge is 0.160 e. The highest BCUT2D eigenvalue weighted by atomic mass is 16.5. The topological polar surface area (TPSA) is 39.9 Å². The van der Waals surface area contributed by atoms with E-state index in [0.717, 1.165) is 72.6 Å². The first-order chi connectivity index (χ1) is 28.3. The molecule has 1 aliphatic heterocycles. The third kappa shape index (κ3) is 4.56. The number of para-hydroxylation sites is 2. The van der Waals surface area contributed by atoms with Crippen LogP contribution >= 0.6 is 0 Å². The molecule has 57 heavy (non-hydrogen) atoms. The van der Waals surface area contributed by atoms with E-state index in [2.05, 4.69) is 180 Å². The maximum Gasteiger partial charge on any atom is 0.160 e. The van der Waals surface area contributed by atoms with Crippen LogP contribution in [0.4, 0.5) is 0 Å². The van der Waals surface area contributed by atoms with Crippen LogP contribution in [0.5, 0.6) is 11.5 Å². The fourth-order valence-electron chi connectivity index (χ4n) is 9.52. The van der Waals surface area contributed by atoms with Gasteiger partial charge in [0.05, 0.1) is 33.2 Å². The van der Waals surface area contributed by atoms with Gasteiger partial charge in [-0.05, 0) is 58.7 Å². The molecule has 1 aliphatic carbocycles. The van der Waals surface area contributed by atoms with E-state index in [1.54, 1.807) is 0 Å². The second kappa shape index (κ2) is 12.2. The predicted molar refractivity (Wildman–Crippen MR) is 230 cm³/mol. The Bertz CT molecular complexity index is 3120. The standard InChI is InChI=1S/C53H33N3O/c1-3-16-34(17-4-1)45-33-46(55-52(54-45)35-18-5-2-6-19-35)36-20-15-21-37(32-36)56-47-28-13-9-24-40(47)50-48(56)31-30-44-51(50)57-49-29-14-12-27-43(49)53(44)41-25-10-7-22-38(41)39-23-8-11-26-42(39)53/h1-33H. The van der Waals surface area contributed by atoms with Gasteiger partial charge in [0, 0.05) is 38.9 Å². The summed E-state index contributed by atoms with van der Waals surface area (Å²) in [5.41, 5.74) is 14.9. The zero-order valence-electron chi connectivity index (χ0n) is 30.8. The Labute approximate surface area is 330 Å². The third-order valence-electron chi connectivity index (χ3n) is 11.9. The van der Waals surface area contributed by atoms with E-state index >= 15 is 0 Å². The van der Waals surface area contributed by atoms with Gasteiger partial charge in [-0.1, -0.05) is 164 Å². The molecule has 0 radical (unpaired) electrons. The largest absolute Gasteiger partial charge is 0.456 e. The van der Waals surface area contributed by atoms with Crippen molar-refractivity contribution in [2.75, 3.05) is 0 Å². The van der Waals surface area contributed by atoms with Gasteiger partial charge in [0.2, 0.25) is 0 Å². The molecule has 0 saturated heterocycles. The van der Waals surface area contributed by atoms with Crippen molar-refractivity contribution in [2.45, 2.75) is 5.41 Å². The first-order valence-electron chi connectivity index (χ1n) is 19.4. The molecule has 266 valence electrons. The quantitative estimate of drug-likeness (QED) is 0.181. The summed E-state index contributed by atoms with van der Waals surface area (Å²) in [4.78, 5) is 10.2. The van der Waals surface area contributed by atoms with E-state index in [1.165, 1.54) is 27.8 Å². The minimum absolute atomic E-state index is 0.533. The lowest BCUT2D eigenvalue weighted by molar-refractivity contribution is 0.442. The van der Waals surface area contributed by atoms with Crippen molar-refractivity contribution in [3.05, 3.63) is 222 Å². The van der Waals surface area contributed by atoms with Crippen molar-refractivity contribution >= 4 is 21.8 Å². The van der Waals surface area contributed by atoms with Crippen LogP contribution in [0.15, 0.2) is 200 Å². The summed E-state index contributed by atoms with van der Waals surface area (Å²) in [6, 6.07) is 71.1. The van der Waals surface area contributed by atoms with Gasteiger partial charge in [0.25, 0.3) is 0 Å². The van der Waals surface area contributed by atoms with Gasteiger partial charge in [-0.25, -0.2) is 9.97 Å². The van der Waals surface area contributed by atoms with Crippen molar-refractivity contribution in [1.82, 2.24) is 14.5 Å². The second-order valence-corrected chi connectivity index (χ2v) is 14.9. The number of benzene rings is 8. The van der Waals surface area contributed by atoms with E-state index in [1.807, 2.05) is 24.3 Å². The molecule has 4 nitrogen and oxygen atoms in total. The van der Waals surface area contributed by atoms with Crippen molar-refractivity contribution in [2.24, 2.45) is 0 Å². The van der Waals surface area contributed by atoms with Crippen LogP contribution in [0.2, 0.25) is 0 Å². The third-order valence-corrected chi connectivity index (χ3v) is 11.9. The summed E-state index contributed by atoms with van der Waals surface area (Å²) in [7, 11) is 0. The number of ether oxygens (including phenoxy) is 1. The average Bonchev–Trinajstić information content (AvgIpc) is 3.78. The molecule has 2 aromatic heterocycles. The van der Waals surface area contributed by atoms with E-state index in [9.17, 15) is 0 Å². The van der Waals surface area contributed by atoms with Crippen LogP contribution in [-0.2, 0) is 5.41 Å². The Morgan fingerprint density at radius 2 is 1.02 bits per heavy atom. The van der Waals surface area contributed by atoms with E-state index in [-0.39, 0.29) is 0 Å². The van der Waals surface area contributed by atoms with Gasteiger partial charge in [0.15, 0.2) is 5.82 Å². The van der Waals surface area contributed by atoms with Gasteiger partial charge < -0.3 is 9.30 Å². The molecule has 0 bridgehead atoms. The lowest BCUT2D eigenvalue weighted by atomic mass is 9.66. The van der Waals surface area contributed by atoms with Gasteiger partial charge in [-0.3, -0.25) is 0 Å². The lowest BCUT2D eigenvalue weighted by Crippen LogP contribution is -2.32. The summed E-state index contributed by atoms with van der Waals surface area (Å²) < 4.78 is 9.51. The Kier molecular flexibility index (Phi) is 6.81. The van der Waals surface area contributed by atoms with Crippen molar-refractivity contribution in [3.8, 4) is 62.2 Å². The molecule has 0 unspecified atom stereocenters. The maximum absolute atomic E-state index is 7.14. The van der Waals surface area contributed by atoms with Crippen molar-refractivity contribution in [1.29, 1.82) is 0 Å². The van der Waals surface area contributed by atoms with Gasteiger partial charge in [-0.15, -0.1) is 0 Å². The van der Waals surface area contributed by atoms with Gasteiger partial charge in [0.1, 0.15) is 11.5 Å². The molecule has 3 heterocycles. The lowest BCUT2D eigenvalue weighted by Gasteiger charge is -2.39. The summed E-state index contributed by atoms with van der Waals surface area (Å²) in [5, 5.41) is 2.24. The van der Waals surface area contributed by atoms with Crippen LogP contribution < -0.4 is 4.74 Å². The summed E-state index contributed by atoms with van der Waals surface area (Å²) >= 11 is 0. The Balaban J connectivity index is 1.10. The molecule has 0 N–H and O–H groups in total. The van der Waals surface area contributed by atoms with Crippen LogP contribution in [0.1, 0.15) is 22.3 Å². The van der Waals surface area contributed by atoms with Crippen molar-refractivity contribution in [3.63, 3.8) is 0 Å². The minimum Gasteiger partial charge on any atom is -0.456 e. The first-order valence-corrected chi connectivity index (χ1v) is 19.4. The number of nitrogens with zero attached hydrogens (tertiary/aromatic N) is 3. The number of rotatable bonds is 4. The van der Waals surface area contributed by atoms with Crippen LogP contribution in [0.3, 0.4) is 0 Å². The Hall–Kier alpha value is -7.56. The van der Waals surface area contributed by atoms with Crippen LogP contribution in [-0.4, -0.2) is 14.5 Å². The van der Waals surface area contributed by atoms with Crippen LogP contribution in [0, 0.1) is 0 Å². The molecule has 12 rings (SSSR count). The molecule has 0 amide bonds. The molecule has 1 spiro atoms. The maximum atomic E-state index is 7.14. The Morgan fingerprint density at radius 1 is 0.421 bits per heavy atom. The monoisotopic (exact) mass is 727 g/mol. The van der Waals surface area contributed by atoms with E-state index < -0.39 is 5.41 Å². The molecular formula is C53H33N3O. The van der Waals surface area contributed by atoms with E-state index in [0.29, 0.717) is 5.82 Å².